The third kappa shape index (κ3) is 2.92. The zero-order valence-corrected chi connectivity index (χ0v) is 12.4. The first kappa shape index (κ1) is 14.8. The lowest BCUT2D eigenvalue weighted by atomic mass is 10.2. The van der Waals surface area contributed by atoms with Crippen LogP contribution in [0.1, 0.15) is 5.56 Å². The van der Waals surface area contributed by atoms with Gasteiger partial charge in [0.05, 0.1) is 16.6 Å². The first-order chi connectivity index (χ1) is 9.54. The molecule has 0 aliphatic carbocycles. The third-order valence-electron chi connectivity index (χ3n) is 2.57. The first-order valence-corrected chi connectivity index (χ1v) is 6.70. The molecule has 5 nitrogen and oxygen atoms in total. The fourth-order valence-electron chi connectivity index (χ4n) is 1.62. The van der Waals surface area contributed by atoms with Crippen molar-refractivity contribution in [2.75, 3.05) is 0 Å². The van der Waals surface area contributed by atoms with Crippen molar-refractivity contribution >= 4 is 33.2 Å². The monoisotopic (exact) mass is 357 g/mol. The second-order valence-electron chi connectivity index (χ2n) is 3.83. The molecule has 7 heteroatoms. The summed E-state index contributed by atoms with van der Waals surface area (Å²) in [6, 6.07) is 9.39. The number of nitro benzene ring substituents is 1. The van der Waals surface area contributed by atoms with E-state index in [1.54, 1.807) is 24.3 Å². The maximum absolute atomic E-state index is 10.9. The molecule has 0 bridgehead atoms. The van der Waals surface area contributed by atoms with Crippen LogP contribution in [0.25, 0.3) is 0 Å². The van der Waals surface area contributed by atoms with Crippen molar-refractivity contribution in [3.8, 4) is 11.5 Å². The Balaban J connectivity index is 2.46. The molecule has 1 N–H and O–H groups in total. The van der Waals surface area contributed by atoms with E-state index in [-0.39, 0.29) is 28.3 Å². The summed E-state index contributed by atoms with van der Waals surface area (Å²) in [5.41, 5.74) is 0.385. The van der Waals surface area contributed by atoms with Gasteiger partial charge in [-0.25, -0.2) is 0 Å². The number of para-hydroxylation sites is 1. The van der Waals surface area contributed by atoms with E-state index in [9.17, 15) is 15.2 Å². The molecule has 0 aliphatic rings. The number of hydrogen-bond acceptors (Lipinski definition) is 4. The van der Waals surface area contributed by atoms with E-state index in [1.807, 2.05) is 0 Å². The van der Waals surface area contributed by atoms with Crippen LogP contribution in [0.15, 0.2) is 40.9 Å². The van der Waals surface area contributed by atoms with Gasteiger partial charge in [0.25, 0.3) is 5.69 Å². The number of benzene rings is 2. The fraction of sp³-hybridized carbons (Fsp3) is 0.0769. The fourth-order valence-corrected chi connectivity index (χ4v) is 2.34. The Morgan fingerprint density at radius 3 is 2.65 bits per heavy atom. The Morgan fingerprint density at radius 1 is 1.30 bits per heavy atom. The topological polar surface area (TPSA) is 72.6 Å². The highest BCUT2D eigenvalue weighted by Crippen LogP contribution is 2.39. The second-order valence-corrected chi connectivity index (χ2v) is 5.03. The van der Waals surface area contributed by atoms with Crippen molar-refractivity contribution in [3.05, 3.63) is 61.6 Å². The van der Waals surface area contributed by atoms with E-state index in [2.05, 4.69) is 15.9 Å². The molecule has 2 aromatic rings. The van der Waals surface area contributed by atoms with Gasteiger partial charge in [-0.1, -0.05) is 29.8 Å². The molecular weight excluding hydrogens is 350 g/mol. The molecular formula is C13H9BrClNO4. The quantitative estimate of drug-likeness (QED) is 0.653. The number of rotatable bonds is 4. The lowest BCUT2D eigenvalue weighted by Gasteiger charge is -2.12. The normalized spacial score (nSPS) is 10.3. The van der Waals surface area contributed by atoms with Crippen LogP contribution in [0, 0.1) is 10.1 Å². The van der Waals surface area contributed by atoms with Crippen molar-refractivity contribution in [3.63, 3.8) is 0 Å². The number of aliphatic hydroxyl groups is 1. The Hall–Kier alpha value is -1.63. The summed E-state index contributed by atoms with van der Waals surface area (Å²) in [6.45, 7) is -0.248. The van der Waals surface area contributed by atoms with Crippen molar-refractivity contribution in [1.82, 2.24) is 0 Å². The molecule has 0 atom stereocenters. The smallest absolute Gasteiger partial charge is 0.287 e. The number of aliphatic hydroxyl groups excluding tert-OH is 1. The number of halogens is 2. The van der Waals surface area contributed by atoms with Gasteiger partial charge in [-0.05, 0) is 28.1 Å². The summed E-state index contributed by atoms with van der Waals surface area (Å²) >= 11 is 9.17. The lowest BCUT2D eigenvalue weighted by Crippen LogP contribution is -1.95. The molecule has 0 fully saturated rings. The largest absolute Gasteiger partial charge is 0.454 e. The number of hydrogen-bond donors (Lipinski definition) is 1. The lowest BCUT2D eigenvalue weighted by molar-refractivity contribution is -0.385. The van der Waals surface area contributed by atoms with Crippen LogP contribution in [-0.2, 0) is 6.61 Å². The molecule has 0 spiro atoms. The molecule has 0 saturated carbocycles. The van der Waals surface area contributed by atoms with Gasteiger partial charge in [0.2, 0.25) is 0 Å². The molecule has 2 rings (SSSR count). The number of nitro groups is 1. The molecule has 0 radical (unpaired) electrons. The van der Waals surface area contributed by atoms with E-state index >= 15 is 0 Å². The molecule has 0 aliphatic heterocycles. The summed E-state index contributed by atoms with van der Waals surface area (Å²) in [6.07, 6.45) is 0. The van der Waals surface area contributed by atoms with Gasteiger partial charge in [-0.15, -0.1) is 0 Å². The summed E-state index contributed by atoms with van der Waals surface area (Å²) in [5.74, 6) is 0.528. The molecule has 0 heterocycles. The van der Waals surface area contributed by atoms with Crippen LogP contribution in [0.4, 0.5) is 5.69 Å². The van der Waals surface area contributed by atoms with Gasteiger partial charge in [-0.3, -0.25) is 10.1 Å². The van der Waals surface area contributed by atoms with Crippen LogP contribution < -0.4 is 4.74 Å². The Morgan fingerprint density at radius 2 is 2.00 bits per heavy atom. The van der Waals surface area contributed by atoms with Crippen LogP contribution in [0.2, 0.25) is 5.02 Å². The van der Waals surface area contributed by atoms with E-state index in [0.29, 0.717) is 10.6 Å². The summed E-state index contributed by atoms with van der Waals surface area (Å²) in [4.78, 5) is 10.4. The minimum absolute atomic E-state index is 0.111. The molecule has 2 aromatic carbocycles. The number of ether oxygens (including phenoxy) is 1. The summed E-state index contributed by atoms with van der Waals surface area (Å²) in [5, 5.41) is 20.5. The summed E-state index contributed by atoms with van der Waals surface area (Å²) in [7, 11) is 0. The van der Waals surface area contributed by atoms with Crippen molar-refractivity contribution in [2.45, 2.75) is 6.61 Å². The highest BCUT2D eigenvalue weighted by atomic mass is 79.9. The zero-order chi connectivity index (χ0) is 14.7. The van der Waals surface area contributed by atoms with Crippen LogP contribution >= 0.6 is 27.5 Å². The SMILES string of the molecule is O=[N+]([O-])c1cccc(Oc2c(Cl)cccc2CO)c1Br. The van der Waals surface area contributed by atoms with Crippen molar-refractivity contribution in [1.29, 1.82) is 0 Å². The van der Waals surface area contributed by atoms with Gasteiger partial charge in [0.15, 0.2) is 5.75 Å². The van der Waals surface area contributed by atoms with E-state index < -0.39 is 4.92 Å². The molecule has 104 valence electrons. The number of nitrogens with zero attached hydrogens (tertiary/aromatic N) is 1. The molecule has 20 heavy (non-hydrogen) atoms. The molecule has 0 aromatic heterocycles. The zero-order valence-electron chi connectivity index (χ0n) is 10.0. The average molecular weight is 359 g/mol. The highest BCUT2D eigenvalue weighted by molar-refractivity contribution is 9.10. The minimum Gasteiger partial charge on any atom is -0.454 e. The maximum atomic E-state index is 10.9. The van der Waals surface area contributed by atoms with E-state index in [1.165, 1.54) is 12.1 Å². The molecule has 0 unspecified atom stereocenters. The minimum atomic E-state index is -0.517. The maximum Gasteiger partial charge on any atom is 0.287 e. The van der Waals surface area contributed by atoms with Gasteiger partial charge in [-0.2, -0.15) is 0 Å². The average Bonchev–Trinajstić information content (AvgIpc) is 2.42. The van der Waals surface area contributed by atoms with Gasteiger partial charge in [0.1, 0.15) is 10.2 Å². The van der Waals surface area contributed by atoms with Gasteiger partial charge in [0, 0.05) is 11.6 Å². The van der Waals surface area contributed by atoms with Crippen LogP contribution in [0.5, 0.6) is 11.5 Å². The Labute approximate surface area is 128 Å². The van der Waals surface area contributed by atoms with Crippen LogP contribution in [0.3, 0.4) is 0 Å². The van der Waals surface area contributed by atoms with Crippen molar-refractivity contribution in [2.24, 2.45) is 0 Å². The summed E-state index contributed by atoms with van der Waals surface area (Å²) < 4.78 is 5.83. The van der Waals surface area contributed by atoms with Gasteiger partial charge < -0.3 is 9.84 Å². The molecule has 0 saturated heterocycles. The van der Waals surface area contributed by atoms with E-state index in [0.717, 1.165) is 0 Å². The molecule has 0 amide bonds. The second kappa shape index (κ2) is 6.21. The predicted molar refractivity (Wildman–Crippen MR) is 78.2 cm³/mol. The first-order valence-electron chi connectivity index (χ1n) is 5.53. The van der Waals surface area contributed by atoms with Crippen molar-refractivity contribution < 1.29 is 14.8 Å². The third-order valence-corrected chi connectivity index (χ3v) is 3.67. The van der Waals surface area contributed by atoms with E-state index in [4.69, 9.17) is 16.3 Å². The standard InChI is InChI=1S/C13H9BrClNO4/c14-12-10(16(18)19)5-2-6-11(12)20-13-8(7-17)3-1-4-9(13)15/h1-6,17H,7H2. The highest BCUT2D eigenvalue weighted by Gasteiger charge is 2.18. The van der Waals surface area contributed by atoms with Crippen LogP contribution in [-0.4, -0.2) is 10.0 Å². The Bertz CT molecular complexity index is 663. The van der Waals surface area contributed by atoms with Gasteiger partial charge >= 0.3 is 0 Å². The predicted octanol–water partition coefficient (Wildman–Crippen LogP) is 4.30. The Kier molecular flexibility index (Phi) is 4.59.